The second kappa shape index (κ2) is 7.07. The van der Waals surface area contributed by atoms with Crippen molar-refractivity contribution in [1.82, 2.24) is 4.57 Å². The summed E-state index contributed by atoms with van der Waals surface area (Å²) in [6.07, 6.45) is 2.26. The van der Waals surface area contributed by atoms with E-state index < -0.39 is 0 Å². The summed E-state index contributed by atoms with van der Waals surface area (Å²) in [4.78, 5) is 11.9. The molecule has 126 valence electrons. The maximum absolute atomic E-state index is 13.7. The first kappa shape index (κ1) is 18.0. The van der Waals surface area contributed by atoms with E-state index in [0.29, 0.717) is 23.6 Å². The van der Waals surface area contributed by atoms with Gasteiger partial charge in [-0.2, -0.15) is 0 Å². The molecule has 1 aromatic carbocycles. The van der Waals surface area contributed by atoms with E-state index in [1.165, 1.54) is 12.1 Å². The molecule has 1 aliphatic rings. The van der Waals surface area contributed by atoms with Crippen molar-refractivity contribution in [3.8, 4) is 0 Å². The van der Waals surface area contributed by atoms with Gasteiger partial charge < -0.3 is 15.0 Å². The molecule has 0 amide bonds. The number of hydrogen-bond donors (Lipinski definition) is 1. The van der Waals surface area contributed by atoms with Crippen molar-refractivity contribution < 1.29 is 13.9 Å². The molecule has 2 aromatic rings. The number of carbonyl (C=O) groups excluding carboxylic acids is 1. The van der Waals surface area contributed by atoms with Gasteiger partial charge in [-0.05, 0) is 43.9 Å². The minimum absolute atomic E-state index is 0. The Morgan fingerprint density at radius 1 is 1.52 bits per heavy atom. The molecule has 3 rings (SSSR count). The van der Waals surface area contributed by atoms with Crippen LogP contribution in [0.1, 0.15) is 24.6 Å². The molecular weight excluding hydrogens is 342 g/mol. The number of esters is 1. The maximum atomic E-state index is 13.7. The summed E-state index contributed by atoms with van der Waals surface area (Å²) in [7, 11) is 0. The fourth-order valence-electron chi connectivity index (χ4n) is 3.23. The number of nitrogens with zero attached hydrogens (tertiary/aromatic N) is 1. The van der Waals surface area contributed by atoms with E-state index >= 15 is 0 Å². The van der Waals surface area contributed by atoms with Crippen LogP contribution >= 0.6 is 24.0 Å². The van der Waals surface area contributed by atoms with Crippen LogP contribution in [0.2, 0.25) is 5.02 Å². The topological polar surface area (TPSA) is 57.2 Å². The van der Waals surface area contributed by atoms with Gasteiger partial charge in [0.25, 0.3) is 0 Å². The molecule has 1 aliphatic carbocycles. The van der Waals surface area contributed by atoms with Crippen molar-refractivity contribution in [1.29, 1.82) is 0 Å². The lowest BCUT2D eigenvalue weighted by Crippen LogP contribution is -2.28. The number of ether oxygens (including phenoxy) is 1. The summed E-state index contributed by atoms with van der Waals surface area (Å²) in [5, 5.41) is 1.06. The first-order valence-corrected chi connectivity index (χ1v) is 7.79. The van der Waals surface area contributed by atoms with Gasteiger partial charge in [0.1, 0.15) is 12.4 Å². The second-order valence-electron chi connectivity index (χ2n) is 5.60. The van der Waals surface area contributed by atoms with Crippen LogP contribution in [-0.4, -0.2) is 23.2 Å². The third kappa shape index (κ3) is 3.32. The van der Waals surface area contributed by atoms with Crippen LogP contribution in [0.25, 0.3) is 10.9 Å². The molecule has 4 nitrogen and oxygen atoms in total. The van der Waals surface area contributed by atoms with Crippen molar-refractivity contribution in [2.75, 3.05) is 6.61 Å². The Kier molecular flexibility index (Phi) is 5.55. The number of hydrogen-bond acceptors (Lipinski definition) is 3. The van der Waals surface area contributed by atoms with Crippen LogP contribution in [-0.2, 0) is 28.9 Å². The van der Waals surface area contributed by atoms with Gasteiger partial charge in [0.05, 0.1) is 17.1 Å². The minimum atomic E-state index is -0.382. The Labute approximate surface area is 145 Å². The molecular formula is C16H19Cl2FN2O2. The van der Waals surface area contributed by atoms with E-state index in [1.54, 1.807) is 6.92 Å². The molecule has 0 bridgehead atoms. The summed E-state index contributed by atoms with van der Waals surface area (Å²) in [5.41, 5.74) is 8.75. The molecule has 0 saturated heterocycles. The lowest BCUT2D eigenvalue weighted by molar-refractivity contribution is -0.143. The number of carbonyl (C=O) groups is 1. The Balaban J connectivity index is 0.00000192. The van der Waals surface area contributed by atoms with E-state index in [-0.39, 0.29) is 36.8 Å². The smallest absolute Gasteiger partial charge is 0.325 e. The van der Waals surface area contributed by atoms with Crippen LogP contribution in [0.3, 0.4) is 0 Å². The molecule has 0 fully saturated rings. The molecule has 1 aromatic heterocycles. The molecule has 0 saturated carbocycles. The van der Waals surface area contributed by atoms with Gasteiger partial charge in [0.2, 0.25) is 0 Å². The van der Waals surface area contributed by atoms with Crippen molar-refractivity contribution >= 4 is 40.9 Å². The zero-order chi connectivity index (χ0) is 15.9. The molecule has 0 aliphatic heterocycles. The van der Waals surface area contributed by atoms with Gasteiger partial charge in [-0.15, -0.1) is 12.4 Å². The van der Waals surface area contributed by atoms with Gasteiger partial charge >= 0.3 is 5.97 Å². The molecule has 23 heavy (non-hydrogen) atoms. The van der Waals surface area contributed by atoms with Gasteiger partial charge in [-0.3, -0.25) is 4.79 Å². The van der Waals surface area contributed by atoms with E-state index in [9.17, 15) is 9.18 Å². The van der Waals surface area contributed by atoms with Gasteiger partial charge in [-0.25, -0.2) is 4.39 Å². The van der Waals surface area contributed by atoms with Gasteiger partial charge in [0.15, 0.2) is 0 Å². The Morgan fingerprint density at radius 2 is 2.26 bits per heavy atom. The van der Waals surface area contributed by atoms with Crippen LogP contribution in [0, 0.1) is 5.82 Å². The molecule has 1 unspecified atom stereocenters. The van der Waals surface area contributed by atoms with Crippen LogP contribution in [0.5, 0.6) is 0 Å². The monoisotopic (exact) mass is 360 g/mol. The fourth-order valence-corrected chi connectivity index (χ4v) is 3.54. The quantitative estimate of drug-likeness (QED) is 0.854. The normalized spacial score (nSPS) is 16.8. The number of halogens is 3. The number of benzene rings is 1. The average molecular weight is 361 g/mol. The Hall–Kier alpha value is -1.30. The molecule has 1 heterocycles. The number of aromatic nitrogens is 1. The summed E-state index contributed by atoms with van der Waals surface area (Å²) < 4.78 is 20.6. The molecule has 2 N–H and O–H groups in total. The highest BCUT2D eigenvalue weighted by atomic mass is 35.5. The van der Waals surface area contributed by atoms with E-state index in [4.69, 9.17) is 22.1 Å². The summed E-state index contributed by atoms with van der Waals surface area (Å²) in [6, 6.07) is 2.80. The first-order chi connectivity index (χ1) is 10.5. The molecule has 0 spiro atoms. The van der Waals surface area contributed by atoms with Gasteiger partial charge in [0, 0.05) is 17.1 Å². The maximum Gasteiger partial charge on any atom is 0.325 e. The van der Waals surface area contributed by atoms with Crippen molar-refractivity contribution in [3.05, 3.63) is 34.2 Å². The largest absolute Gasteiger partial charge is 0.465 e. The number of fused-ring (bicyclic) bond motifs is 3. The summed E-state index contributed by atoms with van der Waals surface area (Å²) >= 11 is 6.24. The highest BCUT2D eigenvalue weighted by Gasteiger charge is 2.26. The molecule has 1 atom stereocenters. The van der Waals surface area contributed by atoms with Crippen LogP contribution in [0.15, 0.2) is 12.1 Å². The summed E-state index contributed by atoms with van der Waals surface area (Å²) in [6.45, 7) is 2.18. The highest BCUT2D eigenvalue weighted by molar-refractivity contribution is 6.35. The van der Waals surface area contributed by atoms with Crippen LogP contribution < -0.4 is 5.73 Å². The van der Waals surface area contributed by atoms with Crippen molar-refractivity contribution in [2.24, 2.45) is 5.73 Å². The highest BCUT2D eigenvalue weighted by Crippen LogP contribution is 2.36. The Morgan fingerprint density at radius 3 is 2.96 bits per heavy atom. The predicted octanol–water partition coefficient (Wildman–Crippen LogP) is 3.23. The van der Waals surface area contributed by atoms with Crippen molar-refractivity contribution in [3.63, 3.8) is 0 Å². The number of rotatable bonds is 3. The van der Waals surface area contributed by atoms with Crippen molar-refractivity contribution in [2.45, 2.75) is 38.8 Å². The minimum Gasteiger partial charge on any atom is -0.465 e. The van der Waals surface area contributed by atoms with E-state index in [2.05, 4.69) is 0 Å². The summed E-state index contributed by atoms with van der Waals surface area (Å²) in [5.74, 6) is -0.704. The zero-order valence-corrected chi connectivity index (χ0v) is 14.3. The van der Waals surface area contributed by atoms with E-state index in [1.807, 2.05) is 4.57 Å². The predicted molar refractivity (Wildman–Crippen MR) is 90.8 cm³/mol. The Bertz CT molecular complexity index is 745. The lowest BCUT2D eigenvalue weighted by Gasteiger charge is -2.20. The lowest BCUT2D eigenvalue weighted by atomic mass is 9.92. The third-order valence-corrected chi connectivity index (χ3v) is 4.40. The standard InChI is InChI=1S/C16H18ClFN2O2.ClH/c1-2-22-15(21)8-20-14-4-3-10(19)7-11(14)12-5-9(18)6-13(17)16(12)20;/h5-6,10H,2-4,7-8,19H2,1H3;1H. The fraction of sp³-hybridized carbons (Fsp3) is 0.438. The zero-order valence-electron chi connectivity index (χ0n) is 12.8. The molecule has 0 radical (unpaired) electrons. The SMILES string of the molecule is CCOC(=O)Cn1c2c(c3cc(F)cc(Cl)c31)CC(N)CC2.Cl. The van der Waals surface area contributed by atoms with Crippen LogP contribution in [0.4, 0.5) is 4.39 Å². The number of nitrogens with two attached hydrogens (primary N) is 1. The third-order valence-electron chi connectivity index (χ3n) is 4.11. The second-order valence-corrected chi connectivity index (χ2v) is 6.01. The van der Waals surface area contributed by atoms with E-state index in [0.717, 1.165) is 29.5 Å². The first-order valence-electron chi connectivity index (χ1n) is 7.41. The average Bonchev–Trinajstić information content (AvgIpc) is 2.73. The van der Waals surface area contributed by atoms with Gasteiger partial charge in [-0.1, -0.05) is 11.6 Å². The molecule has 7 heteroatoms.